The molecule has 2 aromatic rings. The molecule has 4 rings (SSSR count). The number of amides is 2. The summed E-state index contributed by atoms with van der Waals surface area (Å²) in [6.07, 6.45) is 4.46. The van der Waals surface area contributed by atoms with Gasteiger partial charge in [0.05, 0.1) is 11.3 Å². The topological polar surface area (TPSA) is 71.5 Å². The van der Waals surface area contributed by atoms with E-state index in [1.807, 2.05) is 48.2 Å². The highest BCUT2D eigenvalue weighted by Crippen LogP contribution is 2.38. The number of hydrogen-bond acceptors (Lipinski definition) is 4. The number of carbonyl (C=O) groups excluding carboxylic acids is 2. The van der Waals surface area contributed by atoms with Crippen LogP contribution in [-0.2, 0) is 19.7 Å². The molecule has 31 heavy (non-hydrogen) atoms. The van der Waals surface area contributed by atoms with Crippen molar-refractivity contribution < 1.29 is 14.3 Å². The summed E-state index contributed by atoms with van der Waals surface area (Å²) in [6.45, 7) is 4.07. The zero-order chi connectivity index (χ0) is 21.8. The van der Waals surface area contributed by atoms with Crippen molar-refractivity contribution in [1.82, 2.24) is 9.88 Å². The number of hydrogen-bond donors (Lipinski definition) is 1. The third-order valence-corrected chi connectivity index (χ3v) is 6.70. The summed E-state index contributed by atoms with van der Waals surface area (Å²) in [7, 11) is 0. The van der Waals surface area contributed by atoms with Crippen LogP contribution in [0.4, 0.5) is 5.82 Å². The highest BCUT2D eigenvalue weighted by Gasteiger charge is 2.45. The van der Waals surface area contributed by atoms with Crippen molar-refractivity contribution in [2.24, 2.45) is 5.92 Å². The smallest absolute Gasteiger partial charge is 0.233 e. The first-order chi connectivity index (χ1) is 15.0. The Balaban J connectivity index is 1.53. The molecule has 3 heterocycles. The number of piperidine rings is 1. The number of anilines is 1. The first-order valence-electron chi connectivity index (χ1n) is 10.9. The lowest BCUT2D eigenvalue weighted by Gasteiger charge is -2.42. The second-order valence-corrected chi connectivity index (χ2v) is 8.89. The molecule has 1 aromatic heterocycles. The number of carbonyl (C=O) groups is 2. The summed E-state index contributed by atoms with van der Waals surface area (Å²) in [5, 5.41) is 3.57. The Morgan fingerprint density at radius 1 is 1.23 bits per heavy atom. The molecule has 1 aromatic carbocycles. The fourth-order valence-electron chi connectivity index (χ4n) is 4.65. The molecule has 0 bridgehead atoms. The van der Waals surface area contributed by atoms with E-state index in [1.165, 1.54) is 0 Å². The van der Waals surface area contributed by atoms with Gasteiger partial charge in [-0.2, -0.15) is 0 Å². The molecule has 2 amide bonds. The van der Waals surface area contributed by atoms with Crippen LogP contribution in [0.5, 0.6) is 0 Å². The van der Waals surface area contributed by atoms with Gasteiger partial charge in [0.25, 0.3) is 0 Å². The number of nitrogens with zero attached hydrogens (tertiary/aromatic N) is 2. The molecule has 0 saturated carbocycles. The molecule has 1 unspecified atom stereocenters. The number of ether oxygens (including phenoxy) is 1. The Morgan fingerprint density at radius 2 is 2.03 bits per heavy atom. The molecule has 1 atom stereocenters. The van der Waals surface area contributed by atoms with Gasteiger partial charge in [-0.25, -0.2) is 4.98 Å². The normalized spacial score (nSPS) is 20.8. The molecule has 164 valence electrons. The van der Waals surface area contributed by atoms with Crippen molar-refractivity contribution in [1.29, 1.82) is 0 Å². The number of halogens is 1. The summed E-state index contributed by atoms with van der Waals surface area (Å²) >= 11 is 6.26. The predicted octanol–water partition coefficient (Wildman–Crippen LogP) is 3.97. The number of nitrogens with one attached hydrogen (secondary N) is 1. The van der Waals surface area contributed by atoms with E-state index in [1.54, 1.807) is 6.20 Å². The Bertz CT molecular complexity index is 959. The SMILES string of the molecule is Cc1cccnc1NC(=O)C1CCCN(C(=O)C2(c3cccc(Cl)c3)CCOCC2)C1. The second kappa shape index (κ2) is 9.37. The van der Waals surface area contributed by atoms with Crippen molar-refractivity contribution >= 4 is 29.2 Å². The predicted molar refractivity (Wildman–Crippen MR) is 120 cm³/mol. The van der Waals surface area contributed by atoms with Crippen molar-refractivity contribution in [3.63, 3.8) is 0 Å². The highest BCUT2D eigenvalue weighted by atomic mass is 35.5. The zero-order valence-electron chi connectivity index (χ0n) is 17.8. The van der Waals surface area contributed by atoms with E-state index in [9.17, 15) is 9.59 Å². The Kier molecular flexibility index (Phi) is 6.58. The van der Waals surface area contributed by atoms with Gasteiger partial charge in [-0.1, -0.05) is 29.8 Å². The molecule has 0 radical (unpaired) electrons. The molecule has 2 aliphatic heterocycles. The maximum Gasteiger partial charge on any atom is 0.233 e. The standard InChI is InChI=1S/C24H28ClN3O3/c1-17-5-3-11-26-21(17)27-22(29)18-6-4-12-28(16-18)23(30)24(9-13-31-14-10-24)19-7-2-8-20(25)15-19/h2-3,5,7-8,11,15,18H,4,6,9-10,12-14,16H2,1H3,(H,26,27,29). The number of likely N-dealkylation sites (tertiary alicyclic amines) is 1. The number of benzene rings is 1. The van der Waals surface area contributed by atoms with Crippen LogP contribution in [0.25, 0.3) is 0 Å². The minimum absolute atomic E-state index is 0.0737. The first-order valence-corrected chi connectivity index (χ1v) is 11.2. The quantitative estimate of drug-likeness (QED) is 0.779. The molecular weight excluding hydrogens is 414 g/mol. The largest absolute Gasteiger partial charge is 0.381 e. The van der Waals surface area contributed by atoms with Crippen molar-refractivity contribution in [3.05, 3.63) is 58.7 Å². The lowest BCUT2D eigenvalue weighted by atomic mass is 9.72. The van der Waals surface area contributed by atoms with Crippen LogP contribution in [0.1, 0.15) is 36.8 Å². The van der Waals surface area contributed by atoms with Crippen LogP contribution in [0.2, 0.25) is 5.02 Å². The Morgan fingerprint density at radius 3 is 2.77 bits per heavy atom. The monoisotopic (exact) mass is 441 g/mol. The Hall–Kier alpha value is -2.44. The molecule has 2 saturated heterocycles. The number of rotatable bonds is 4. The van der Waals surface area contributed by atoms with Crippen LogP contribution in [0.3, 0.4) is 0 Å². The first kappa shape index (κ1) is 21.8. The van der Waals surface area contributed by atoms with E-state index >= 15 is 0 Å². The van der Waals surface area contributed by atoms with E-state index in [4.69, 9.17) is 16.3 Å². The highest BCUT2D eigenvalue weighted by molar-refractivity contribution is 6.30. The van der Waals surface area contributed by atoms with Crippen molar-refractivity contribution in [2.75, 3.05) is 31.6 Å². The van der Waals surface area contributed by atoms with Crippen LogP contribution in [-0.4, -0.2) is 48.0 Å². The van der Waals surface area contributed by atoms with Gasteiger partial charge < -0.3 is 15.0 Å². The van der Waals surface area contributed by atoms with E-state index in [2.05, 4.69) is 10.3 Å². The van der Waals surface area contributed by atoms with Gasteiger partial charge in [-0.05, 0) is 61.9 Å². The fraction of sp³-hybridized carbons (Fsp3) is 0.458. The van der Waals surface area contributed by atoms with E-state index < -0.39 is 5.41 Å². The van der Waals surface area contributed by atoms with E-state index in [0.29, 0.717) is 50.0 Å². The maximum atomic E-state index is 13.9. The summed E-state index contributed by atoms with van der Waals surface area (Å²) in [5.74, 6) is 0.318. The molecule has 0 aliphatic carbocycles. The fourth-order valence-corrected chi connectivity index (χ4v) is 4.84. The minimum Gasteiger partial charge on any atom is -0.381 e. The van der Waals surface area contributed by atoms with Crippen molar-refractivity contribution in [2.45, 2.75) is 38.0 Å². The molecule has 2 aliphatic rings. The lowest BCUT2D eigenvalue weighted by molar-refractivity contribution is -0.144. The molecule has 6 nitrogen and oxygen atoms in total. The third kappa shape index (κ3) is 4.60. The average Bonchev–Trinajstić information content (AvgIpc) is 2.80. The summed E-state index contributed by atoms with van der Waals surface area (Å²) in [4.78, 5) is 32.9. The number of aromatic nitrogens is 1. The van der Waals surface area contributed by atoms with E-state index in [0.717, 1.165) is 24.0 Å². The van der Waals surface area contributed by atoms with Gasteiger partial charge in [0, 0.05) is 37.5 Å². The molecule has 2 fully saturated rings. The van der Waals surface area contributed by atoms with Crippen molar-refractivity contribution in [3.8, 4) is 0 Å². The second-order valence-electron chi connectivity index (χ2n) is 8.45. The van der Waals surface area contributed by atoms with Gasteiger partial charge in [-0.3, -0.25) is 9.59 Å². The van der Waals surface area contributed by atoms with Gasteiger partial charge in [-0.15, -0.1) is 0 Å². The summed E-state index contributed by atoms with van der Waals surface area (Å²) in [6, 6.07) is 11.3. The van der Waals surface area contributed by atoms with Crippen LogP contribution < -0.4 is 5.32 Å². The molecule has 1 N–H and O–H groups in total. The summed E-state index contributed by atoms with van der Waals surface area (Å²) < 4.78 is 5.58. The third-order valence-electron chi connectivity index (χ3n) is 6.46. The Labute approximate surface area is 187 Å². The van der Waals surface area contributed by atoms with Gasteiger partial charge in [0.2, 0.25) is 11.8 Å². The zero-order valence-corrected chi connectivity index (χ0v) is 18.5. The number of aryl methyl sites for hydroxylation is 1. The summed E-state index contributed by atoms with van der Waals surface area (Å²) in [5.41, 5.74) is 1.20. The molecule has 0 spiro atoms. The minimum atomic E-state index is -0.654. The lowest BCUT2D eigenvalue weighted by Crippen LogP contribution is -2.53. The van der Waals surface area contributed by atoms with Crippen LogP contribution in [0, 0.1) is 12.8 Å². The van der Waals surface area contributed by atoms with Crippen LogP contribution in [0.15, 0.2) is 42.6 Å². The maximum absolute atomic E-state index is 13.9. The number of pyridine rings is 1. The van der Waals surface area contributed by atoms with Gasteiger partial charge in [0.1, 0.15) is 5.82 Å². The van der Waals surface area contributed by atoms with Gasteiger partial charge in [0.15, 0.2) is 0 Å². The molecule has 7 heteroatoms. The molecular formula is C24H28ClN3O3. The average molecular weight is 442 g/mol. The van der Waals surface area contributed by atoms with E-state index in [-0.39, 0.29) is 17.7 Å². The van der Waals surface area contributed by atoms with Gasteiger partial charge >= 0.3 is 0 Å². The van der Waals surface area contributed by atoms with Crippen LogP contribution >= 0.6 is 11.6 Å².